The highest BCUT2D eigenvalue weighted by Gasteiger charge is 2.36. The maximum absolute atomic E-state index is 2.56. The maximum atomic E-state index is 2.56. The number of benzene rings is 1. The highest BCUT2D eigenvalue weighted by Crippen LogP contribution is 2.67. The van der Waals surface area contributed by atoms with Gasteiger partial charge in [-0.25, -0.2) is 0 Å². The summed E-state index contributed by atoms with van der Waals surface area (Å²) in [7, 11) is -0.142. The van der Waals surface area contributed by atoms with E-state index in [1.807, 2.05) is 11.3 Å². The molecule has 2 aromatic rings. The molecular weight excluding hydrogens is 292 g/mol. The van der Waals surface area contributed by atoms with Crippen LogP contribution in [0.2, 0.25) is 0 Å². The van der Waals surface area contributed by atoms with E-state index in [1.165, 1.54) is 21.6 Å². The second-order valence-corrected chi connectivity index (χ2v) is 10.1. The van der Waals surface area contributed by atoms with Crippen molar-refractivity contribution in [3.05, 3.63) is 44.5 Å². The summed E-state index contributed by atoms with van der Waals surface area (Å²) in [5, 5.41) is 3.22. The Morgan fingerprint density at radius 1 is 1.19 bits per heavy atom. The number of fused-ring (bicyclic) bond motifs is 2. The molecule has 0 N–H and O–H groups in total. The number of aryl methyl sites for hydroxylation is 1. The van der Waals surface area contributed by atoms with Gasteiger partial charge in [-0.3, -0.25) is 0 Å². The lowest BCUT2D eigenvalue weighted by Gasteiger charge is -2.32. The van der Waals surface area contributed by atoms with Crippen molar-refractivity contribution in [2.75, 3.05) is 0 Å². The predicted octanol–water partition coefficient (Wildman–Crippen LogP) is 6.66. The molecule has 0 nitrogen and oxygen atoms in total. The molecule has 3 heterocycles. The molecule has 0 spiro atoms. The minimum atomic E-state index is -0.142. The predicted molar refractivity (Wildman–Crippen MR) is 97.9 cm³/mol. The summed E-state index contributed by atoms with van der Waals surface area (Å²) in [5.74, 6) is 0.608. The first-order valence-corrected chi connectivity index (χ1v) is 10.0. The number of hydrogen-bond acceptors (Lipinski definition) is 1. The average molecular weight is 315 g/mol. The van der Waals surface area contributed by atoms with E-state index in [4.69, 9.17) is 0 Å². The molecule has 0 radical (unpaired) electrons. The lowest BCUT2D eigenvalue weighted by molar-refractivity contribution is 0.861. The first-order valence-electron chi connectivity index (χ1n) is 7.73. The van der Waals surface area contributed by atoms with Gasteiger partial charge in [-0.1, -0.05) is 39.0 Å². The molecule has 4 rings (SSSR count). The van der Waals surface area contributed by atoms with E-state index in [2.05, 4.69) is 58.2 Å². The summed E-state index contributed by atoms with van der Waals surface area (Å²) < 4.78 is 0. The number of rotatable bonds is 1. The van der Waals surface area contributed by atoms with Crippen molar-refractivity contribution in [2.45, 2.75) is 50.7 Å². The topological polar surface area (TPSA) is 0 Å². The third-order valence-corrected chi connectivity index (χ3v) is 9.02. The first-order chi connectivity index (χ1) is 9.99. The van der Waals surface area contributed by atoms with Crippen molar-refractivity contribution in [1.29, 1.82) is 0 Å². The molecule has 1 aromatic carbocycles. The number of hydrogen-bond donors (Lipinski definition) is 1. The normalized spacial score (nSPS) is 24.0. The largest absolute Gasteiger partial charge is 0.198 e. The molecule has 0 amide bonds. The van der Waals surface area contributed by atoms with Crippen molar-refractivity contribution >= 4 is 27.8 Å². The molecule has 0 fully saturated rings. The summed E-state index contributed by atoms with van der Waals surface area (Å²) in [4.78, 5) is 4.76. The van der Waals surface area contributed by atoms with Crippen molar-refractivity contribution < 1.29 is 0 Å². The zero-order valence-electron chi connectivity index (χ0n) is 13.3. The van der Waals surface area contributed by atoms with E-state index < -0.39 is 0 Å². The SMILES string of the molecule is CC1=C[SH]2c3c1sc(C)c3-c1ccc(C(C)C)cc1C2C. The quantitative estimate of drug-likeness (QED) is 0.559. The second kappa shape index (κ2) is 4.50. The summed E-state index contributed by atoms with van der Waals surface area (Å²) in [5.41, 5.74) is 7.64. The molecule has 110 valence electrons. The van der Waals surface area contributed by atoms with Crippen LogP contribution in [0.5, 0.6) is 0 Å². The monoisotopic (exact) mass is 314 g/mol. The van der Waals surface area contributed by atoms with E-state index in [9.17, 15) is 0 Å². The lowest BCUT2D eigenvalue weighted by Crippen LogP contribution is -2.05. The Morgan fingerprint density at radius 2 is 1.95 bits per heavy atom. The fourth-order valence-electron chi connectivity index (χ4n) is 3.66. The zero-order chi connectivity index (χ0) is 14.9. The van der Waals surface area contributed by atoms with Crippen LogP contribution in [0, 0.1) is 6.92 Å². The fourth-order valence-corrected chi connectivity index (χ4v) is 8.08. The van der Waals surface area contributed by atoms with Crippen LogP contribution in [-0.2, 0) is 0 Å². The van der Waals surface area contributed by atoms with Gasteiger partial charge in [0.1, 0.15) is 0 Å². The van der Waals surface area contributed by atoms with E-state index in [1.54, 1.807) is 20.9 Å². The molecule has 2 aliphatic rings. The molecule has 0 saturated heterocycles. The van der Waals surface area contributed by atoms with Gasteiger partial charge in [0, 0.05) is 25.5 Å². The van der Waals surface area contributed by atoms with E-state index >= 15 is 0 Å². The average Bonchev–Trinajstić information content (AvgIpc) is 2.95. The van der Waals surface area contributed by atoms with Gasteiger partial charge in [-0.15, -0.1) is 11.3 Å². The summed E-state index contributed by atoms with van der Waals surface area (Å²) >= 11 is 2.00. The Kier molecular flexibility index (Phi) is 2.93. The van der Waals surface area contributed by atoms with Gasteiger partial charge >= 0.3 is 0 Å². The number of thiol groups is 1. The molecule has 0 aliphatic carbocycles. The molecular formula is C19H22S2. The van der Waals surface area contributed by atoms with Gasteiger partial charge in [-0.2, -0.15) is 10.9 Å². The molecule has 2 unspecified atom stereocenters. The Balaban J connectivity index is 2.02. The third-order valence-electron chi connectivity index (χ3n) is 4.89. The van der Waals surface area contributed by atoms with Crippen molar-refractivity contribution in [3.63, 3.8) is 0 Å². The van der Waals surface area contributed by atoms with Crippen molar-refractivity contribution in [2.24, 2.45) is 0 Å². The van der Waals surface area contributed by atoms with Crippen molar-refractivity contribution in [3.8, 4) is 11.1 Å². The second-order valence-electron chi connectivity index (χ2n) is 6.61. The molecule has 2 atom stereocenters. The van der Waals surface area contributed by atoms with Crippen LogP contribution >= 0.6 is 22.2 Å². The van der Waals surface area contributed by atoms with Crippen LogP contribution in [0.3, 0.4) is 0 Å². The van der Waals surface area contributed by atoms with Crippen LogP contribution in [0.25, 0.3) is 16.7 Å². The first kappa shape index (κ1) is 13.7. The smallest absolute Gasteiger partial charge is 0.0435 e. The van der Waals surface area contributed by atoms with E-state index in [-0.39, 0.29) is 10.9 Å². The van der Waals surface area contributed by atoms with Crippen LogP contribution in [0.1, 0.15) is 59.7 Å². The zero-order valence-corrected chi connectivity index (χ0v) is 15.0. The highest BCUT2D eigenvalue weighted by molar-refractivity contribution is 8.20. The van der Waals surface area contributed by atoms with Crippen LogP contribution in [0.4, 0.5) is 0 Å². The molecule has 21 heavy (non-hydrogen) atoms. The van der Waals surface area contributed by atoms with Gasteiger partial charge in [0.2, 0.25) is 0 Å². The minimum Gasteiger partial charge on any atom is -0.198 e. The summed E-state index contributed by atoms with van der Waals surface area (Å²) in [6.45, 7) is 11.6. The van der Waals surface area contributed by atoms with Crippen LogP contribution < -0.4 is 0 Å². The van der Waals surface area contributed by atoms with Gasteiger partial charge in [0.25, 0.3) is 0 Å². The van der Waals surface area contributed by atoms with Gasteiger partial charge in [0.15, 0.2) is 0 Å². The third kappa shape index (κ3) is 1.75. The Labute approximate surface area is 134 Å². The van der Waals surface area contributed by atoms with Gasteiger partial charge in [-0.05, 0) is 47.4 Å². The van der Waals surface area contributed by atoms with Gasteiger partial charge < -0.3 is 0 Å². The van der Waals surface area contributed by atoms with Gasteiger partial charge in [0.05, 0.1) is 0 Å². The minimum absolute atomic E-state index is 0.142. The Bertz CT molecular complexity index is 777. The molecule has 2 aliphatic heterocycles. The fraction of sp³-hybridized carbons (Fsp3) is 0.368. The van der Waals surface area contributed by atoms with Crippen LogP contribution in [-0.4, -0.2) is 0 Å². The Morgan fingerprint density at radius 3 is 2.67 bits per heavy atom. The van der Waals surface area contributed by atoms with E-state index in [0.29, 0.717) is 11.2 Å². The molecule has 0 bridgehead atoms. The molecule has 2 heteroatoms. The molecule has 1 aromatic heterocycles. The summed E-state index contributed by atoms with van der Waals surface area (Å²) in [6.07, 6.45) is 0. The summed E-state index contributed by atoms with van der Waals surface area (Å²) in [6, 6.07) is 7.20. The molecule has 0 saturated carbocycles. The standard InChI is InChI=1S/C19H22S2/c1-10(2)14-6-7-15-16(8-14)13(5)21-9-11(3)18-19(21)17(15)12(4)20-18/h6-10,13,21H,1-5H3. The van der Waals surface area contributed by atoms with Crippen molar-refractivity contribution in [1.82, 2.24) is 0 Å². The lowest BCUT2D eigenvalue weighted by atomic mass is 9.92. The Hall–Kier alpha value is -0.990. The maximum Gasteiger partial charge on any atom is 0.0435 e. The van der Waals surface area contributed by atoms with E-state index in [0.717, 1.165) is 0 Å². The number of allylic oxidation sites excluding steroid dienone is 1. The van der Waals surface area contributed by atoms with Crippen LogP contribution in [0.15, 0.2) is 28.5 Å². The highest BCUT2D eigenvalue weighted by atomic mass is 32.2. The number of thiophene rings is 1.